The van der Waals surface area contributed by atoms with E-state index in [4.69, 9.17) is 0 Å². The van der Waals surface area contributed by atoms with E-state index in [1.807, 2.05) is 6.92 Å². The third-order valence-electron chi connectivity index (χ3n) is 3.53. The van der Waals surface area contributed by atoms with Gasteiger partial charge in [-0.2, -0.15) is 0 Å². The Balaban J connectivity index is 1.95. The van der Waals surface area contributed by atoms with Gasteiger partial charge in [-0.1, -0.05) is 0 Å². The van der Waals surface area contributed by atoms with Crippen molar-refractivity contribution in [1.82, 2.24) is 5.32 Å². The van der Waals surface area contributed by atoms with Crippen LogP contribution in [0, 0.1) is 11.8 Å². The van der Waals surface area contributed by atoms with Gasteiger partial charge in [0.2, 0.25) is 0 Å². The molecule has 0 unspecified atom stereocenters. The van der Waals surface area contributed by atoms with E-state index in [9.17, 15) is 5.11 Å². The molecule has 0 radical (unpaired) electrons. The fourth-order valence-electron chi connectivity index (χ4n) is 2.35. The van der Waals surface area contributed by atoms with E-state index in [1.54, 1.807) is 0 Å². The molecule has 12 heavy (non-hydrogen) atoms. The van der Waals surface area contributed by atoms with Crippen LogP contribution >= 0.6 is 0 Å². The van der Waals surface area contributed by atoms with Gasteiger partial charge in [0.15, 0.2) is 0 Å². The third kappa shape index (κ3) is 1.50. The first-order chi connectivity index (χ1) is 5.71. The molecule has 1 saturated carbocycles. The van der Waals surface area contributed by atoms with E-state index >= 15 is 0 Å². The molecule has 2 N–H and O–H groups in total. The lowest BCUT2D eigenvalue weighted by Crippen LogP contribution is -2.45. The molecule has 2 aliphatic rings. The zero-order valence-electron chi connectivity index (χ0n) is 7.84. The zero-order chi connectivity index (χ0) is 8.60. The van der Waals surface area contributed by atoms with E-state index in [1.165, 1.54) is 25.7 Å². The lowest BCUT2D eigenvalue weighted by atomic mass is 9.80. The van der Waals surface area contributed by atoms with Crippen molar-refractivity contribution >= 4 is 0 Å². The van der Waals surface area contributed by atoms with E-state index in [0.29, 0.717) is 11.8 Å². The fraction of sp³-hybridized carbons (Fsp3) is 1.00. The first-order valence-corrected chi connectivity index (χ1v) is 5.14. The third-order valence-corrected chi connectivity index (χ3v) is 3.53. The van der Waals surface area contributed by atoms with Gasteiger partial charge in [-0.05, 0) is 45.1 Å². The van der Waals surface area contributed by atoms with Crippen LogP contribution in [0.3, 0.4) is 0 Å². The van der Waals surface area contributed by atoms with Gasteiger partial charge >= 0.3 is 0 Å². The van der Waals surface area contributed by atoms with Crippen molar-refractivity contribution in [3.05, 3.63) is 0 Å². The topological polar surface area (TPSA) is 32.3 Å². The Labute approximate surface area is 74.4 Å². The van der Waals surface area contributed by atoms with Crippen LogP contribution < -0.4 is 5.32 Å². The van der Waals surface area contributed by atoms with Crippen LogP contribution in [0.1, 0.15) is 32.6 Å². The van der Waals surface area contributed by atoms with Gasteiger partial charge in [0.05, 0.1) is 5.60 Å². The Morgan fingerprint density at radius 3 is 2.50 bits per heavy atom. The number of rotatable bonds is 2. The SMILES string of the molecule is C[C@](O)(C1CC1)[C@@H]1CCCNC1. The maximum atomic E-state index is 10.2. The van der Waals surface area contributed by atoms with Crippen LogP contribution in [0.2, 0.25) is 0 Å². The molecule has 2 rings (SSSR count). The summed E-state index contributed by atoms with van der Waals surface area (Å²) in [6, 6.07) is 0. The number of aliphatic hydroxyl groups is 1. The molecular weight excluding hydrogens is 150 g/mol. The molecule has 0 spiro atoms. The molecule has 0 aromatic rings. The summed E-state index contributed by atoms with van der Waals surface area (Å²) in [5, 5.41) is 13.6. The summed E-state index contributed by atoms with van der Waals surface area (Å²) < 4.78 is 0. The summed E-state index contributed by atoms with van der Waals surface area (Å²) in [6.07, 6.45) is 4.91. The Bertz CT molecular complexity index is 157. The summed E-state index contributed by atoms with van der Waals surface area (Å²) in [6.45, 7) is 4.18. The van der Waals surface area contributed by atoms with Crippen LogP contribution in [-0.2, 0) is 0 Å². The monoisotopic (exact) mass is 169 g/mol. The minimum atomic E-state index is -0.382. The molecule has 70 valence electrons. The van der Waals surface area contributed by atoms with Crippen molar-refractivity contribution in [3.63, 3.8) is 0 Å². The summed E-state index contributed by atoms with van der Waals surface area (Å²) >= 11 is 0. The lowest BCUT2D eigenvalue weighted by molar-refractivity contribution is -0.0303. The molecule has 1 saturated heterocycles. The van der Waals surface area contributed by atoms with E-state index in [2.05, 4.69) is 5.32 Å². The van der Waals surface area contributed by atoms with E-state index in [0.717, 1.165) is 13.1 Å². The van der Waals surface area contributed by atoms with Crippen LogP contribution in [-0.4, -0.2) is 23.8 Å². The second kappa shape index (κ2) is 3.00. The van der Waals surface area contributed by atoms with Gasteiger partial charge in [-0.3, -0.25) is 0 Å². The summed E-state index contributed by atoms with van der Waals surface area (Å²) in [4.78, 5) is 0. The molecule has 0 bridgehead atoms. The van der Waals surface area contributed by atoms with Crippen LogP contribution in [0.25, 0.3) is 0 Å². The Kier molecular flexibility index (Phi) is 2.13. The maximum Gasteiger partial charge on any atom is 0.0687 e. The maximum absolute atomic E-state index is 10.2. The molecule has 2 fully saturated rings. The van der Waals surface area contributed by atoms with Gasteiger partial charge in [0.25, 0.3) is 0 Å². The van der Waals surface area contributed by atoms with Gasteiger partial charge < -0.3 is 10.4 Å². The number of hydrogen-bond acceptors (Lipinski definition) is 2. The van der Waals surface area contributed by atoms with Gasteiger partial charge in [-0.15, -0.1) is 0 Å². The zero-order valence-corrected chi connectivity index (χ0v) is 7.84. The second-order valence-corrected chi connectivity index (χ2v) is 4.54. The van der Waals surface area contributed by atoms with Crippen molar-refractivity contribution in [2.45, 2.75) is 38.2 Å². The highest BCUT2D eigenvalue weighted by molar-refractivity contribution is 4.97. The molecule has 1 heterocycles. The average molecular weight is 169 g/mol. The van der Waals surface area contributed by atoms with Crippen LogP contribution in [0.4, 0.5) is 0 Å². The highest BCUT2D eigenvalue weighted by atomic mass is 16.3. The fourth-order valence-corrected chi connectivity index (χ4v) is 2.35. The summed E-state index contributed by atoms with van der Waals surface area (Å²) in [7, 11) is 0. The van der Waals surface area contributed by atoms with Crippen molar-refractivity contribution in [1.29, 1.82) is 0 Å². The first-order valence-electron chi connectivity index (χ1n) is 5.14. The van der Waals surface area contributed by atoms with Crippen molar-refractivity contribution in [3.8, 4) is 0 Å². The molecule has 0 aromatic heterocycles. The van der Waals surface area contributed by atoms with Crippen molar-refractivity contribution in [2.24, 2.45) is 11.8 Å². The Morgan fingerprint density at radius 1 is 1.25 bits per heavy atom. The Morgan fingerprint density at radius 2 is 2.00 bits per heavy atom. The van der Waals surface area contributed by atoms with E-state index in [-0.39, 0.29) is 5.60 Å². The van der Waals surface area contributed by atoms with Gasteiger partial charge in [0, 0.05) is 12.5 Å². The van der Waals surface area contributed by atoms with Gasteiger partial charge in [-0.25, -0.2) is 0 Å². The van der Waals surface area contributed by atoms with Crippen LogP contribution in [0.15, 0.2) is 0 Å². The van der Waals surface area contributed by atoms with E-state index < -0.39 is 0 Å². The van der Waals surface area contributed by atoms with Crippen molar-refractivity contribution in [2.75, 3.05) is 13.1 Å². The number of hydrogen-bond donors (Lipinski definition) is 2. The molecule has 0 amide bonds. The molecule has 2 atom stereocenters. The highest BCUT2D eigenvalue weighted by Crippen LogP contribution is 2.44. The smallest absolute Gasteiger partial charge is 0.0687 e. The molecule has 0 aromatic carbocycles. The Hall–Kier alpha value is -0.0800. The normalized spacial score (nSPS) is 36.0. The molecule has 2 heteroatoms. The van der Waals surface area contributed by atoms with Crippen LogP contribution in [0.5, 0.6) is 0 Å². The van der Waals surface area contributed by atoms with Gasteiger partial charge in [0.1, 0.15) is 0 Å². The highest BCUT2D eigenvalue weighted by Gasteiger charge is 2.45. The second-order valence-electron chi connectivity index (χ2n) is 4.54. The standard InChI is InChI=1S/C10H19NO/c1-10(12,8-4-5-8)9-3-2-6-11-7-9/h8-9,11-12H,2-7H2,1H3/t9-,10+/m1/s1. The molecule has 1 aliphatic heterocycles. The minimum Gasteiger partial charge on any atom is -0.390 e. The largest absolute Gasteiger partial charge is 0.390 e. The number of piperidine rings is 1. The predicted molar refractivity (Wildman–Crippen MR) is 48.9 cm³/mol. The molecule has 1 aliphatic carbocycles. The molecular formula is C10H19NO. The quantitative estimate of drug-likeness (QED) is 0.650. The summed E-state index contributed by atoms with van der Waals surface area (Å²) in [5.74, 6) is 1.10. The van der Waals surface area contributed by atoms with Crippen molar-refractivity contribution < 1.29 is 5.11 Å². The average Bonchev–Trinajstić information content (AvgIpc) is 2.88. The minimum absolute atomic E-state index is 0.382. The molecule has 2 nitrogen and oxygen atoms in total. The lowest BCUT2D eigenvalue weighted by Gasteiger charge is -2.36. The number of nitrogens with one attached hydrogen (secondary N) is 1. The predicted octanol–water partition coefficient (Wildman–Crippen LogP) is 1.15. The summed E-state index contributed by atoms with van der Waals surface area (Å²) in [5.41, 5.74) is -0.382. The first kappa shape index (κ1) is 8.52.